The van der Waals surface area contributed by atoms with E-state index >= 15 is 0 Å². The predicted molar refractivity (Wildman–Crippen MR) is 80.9 cm³/mol. The molecule has 0 unspecified atom stereocenters. The van der Waals surface area contributed by atoms with Gasteiger partial charge in [-0.25, -0.2) is 0 Å². The maximum Gasteiger partial charge on any atom is 0.191 e. The lowest BCUT2D eigenvalue weighted by atomic mass is 10.4. The molecule has 0 aliphatic rings. The quantitative estimate of drug-likeness (QED) is 0.218. The molecule has 100 valence electrons. The minimum Gasteiger partial charge on any atom is -0.382 e. The molecule has 0 fully saturated rings. The average Bonchev–Trinajstić information content (AvgIpc) is 2.32. The van der Waals surface area contributed by atoms with Crippen molar-refractivity contribution in [2.75, 3.05) is 47.1 Å². The highest BCUT2D eigenvalue weighted by Gasteiger charge is 1.94. The minimum absolute atomic E-state index is 0. The third kappa shape index (κ3) is 13.4. The second kappa shape index (κ2) is 15.5. The summed E-state index contributed by atoms with van der Waals surface area (Å²) in [6.45, 7) is 3.27. The molecule has 0 atom stereocenters. The Kier molecular flexibility index (Phi) is 17.2. The molecule has 0 saturated carbocycles. The Morgan fingerprint density at radius 1 is 1.29 bits per heavy atom. The van der Waals surface area contributed by atoms with E-state index in [1.165, 1.54) is 0 Å². The van der Waals surface area contributed by atoms with Gasteiger partial charge in [0.05, 0.1) is 19.8 Å². The summed E-state index contributed by atoms with van der Waals surface area (Å²) in [4.78, 5) is 4.01. The highest BCUT2D eigenvalue weighted by Crippen LogP contribution is 1.81. The summed E-state index contributed by atoms with van der Waals surface area (Å²) in [5.41, 5.74) is 0. The summed E-state index contributed by atoms with van der Waals surface area (Å²) in [6, 6.07) is 0. The molecule has 0 amide bonds. The molecule has 0 rings (SSSR count). The molecular weight excluding hydrogens is 333 g/mol. The van der Waals surface area contributed by atoms with Crippen LogP contribution in [-0.2, 0) is 9.47 Å². The van der Waals surface area contributed by atoms with Gasteiger partial charge in [0.1, 0.15) is 0 Å². The zero-order valence-corrected chi connectivity index (χ0v) is 12.8. The first-order chi connectivity index (χ1) is 7.85. The molecule has 0 aliphatic carbocycles. The highest BCUT2D eigenvalue weighted by molar-refractivity contribution is 14.0. The van der Waals surface area contributed by atoms with Crippen LogP contribution in [0.3, 0.4) is 0 Å². The number of guanidine groups is 1. The Bertz CT molecular complexity index is 229. The fourth-order valence-electron chi connectivity index (χ4n) is 0.981. The van der Waals surface area contributed by atoms with Gasteiger partial charge >= 0.3 is 0 Å². The first-order valence-corrected chi connectivity index (χ1v) is 5.29. The first-order valence-electron chi connectivity index (χ1n) is 5.29. The van der Waals surface area contributed by atoms with Gasteiger partial charge in [-0.2, -0.15) is 0 Å². The topological polar surface area (TPSA) is 54.9 Å². The van der Waals surface area contributed by atoms with E-state index in [9.17, 15) is 0 Å². The van der Waals surface area contributed by atoms with Crippen molar-refractivity contribution in [2.24, 2.45) is 4.99 Å². The highest BCUT2D eigenvalue weighted by atomic mass is 127. The van der Waals surface area contributed by atoms with E-state index in [2.05, 4.69) is 21.5 Å². The van der Waals surface area contributed by atoms with Crippen molar-refractivity contribution in [1.82, 2.24) is 10.6 Å². The number of rotatable bonds is 8. The van der Waals surface area contributed by atoms with Gasteiger partial charge in [0.25, 0.3) is 0 Å². The normalized spacial score (nSPS) is 10.3. The van der Waals surface area contributed by atoms with Crippen LogP contribution < -0.4 is 10.6 Å². The summed E-state index contributed by atoms with van der Waals surface area (Å²) in [6.07, 6.45) is 6.04. The van der Waals surface area contributed by atoms with E-state index in [4.69, 9.17) is 15.9 Å². The molecule has 6 heteroatoms. The number of methoxy groups -OCH3 is 1. The number of hydrogen-bond donors (Lipinski definition) is 2. The van der Waals surface area contributed by atoms with Crippen LogP contribution in [0.5, 0.6) is 0 Å². The largest absolute Gasteiger partial charge is 0.382 e. The summed E-state index contributed by atoms with van der Waals surface area (Å²) in [5.74, 6) is 3.20. The van der Waals surface area contributed by atoms with Gasteiger partial charge in [-0.15, -0.1) is 30.4 Å². The zero-order chi connectivity index (χ0) is 12.1. The Hall–Kier alpha value is -0.520. The van der Waals surface area contributed by atoms with Crippen molar-refractivity contribution in [3.05, 3.63) is 0 Å². The number of nitrogens with one attached hydrogen (secondary N) is 2. The average molecular weight is 355 g/mol. The van der Waals surface area contributed by atoms with Crippen molar-refractivity contribution < 1.29 is 9.47 Å². The van der Waals surface area contributed by atoms with Crippen molar-refractivity contribution in [2.45, 2.75) is 6.42 Å². The molecule has 2 N–H and O–H groups in total. The third-order valence-electron chi connectivity index (χ3n) is 1.77. The van der Waals surface area contributed by atoms with Crippen molar-refractivity contribution in [1.29, 1.82) is 0 Å². The maximum atomic E-state index is 5.31. The molecule has 17 heavy (non-hydrogen) atoms. The third-order valence-corrected chi connectivity index (χ3v) is 1.77. The fraction of sp³-hybridized carbons (Fsp3) is 0.727. The molecule has 0 aromatic heterocycles. The number of aliphatic imine (C=N–C) groups is 1. The first kappa shape index (κ1) is 18.8. The summed E-state index contributed by atoms with van der Waals surface area (Å²) in [7, 11) is 3.37. The lowest BCUT2D eigenvalue weighted by Crippen LogP contribution is -2.38. The van der Waals surface area contributed by atoms with E-state index in [0.717, 1.165) is 18.9 Å². The number of ether oxygens (including phenoxy) is 2. The standard InChI is InChI=1S/C11H21N3O2.HI/c1-4-6-13-11(12-2)14-7-5-8-16-10-9-15-3;/h1H,5-10H2,2-3H3,(H2,12,13,14);1H. The zero-order valence-electron chi connectivity index (χ0n) is 10.5. The maximum absolute atomic E-state index is 5.31. The molecule has 0 aromatic carbocycles. The van der Waals surface area contributed by atoms with Crippen molar-refractivity contribution >= 4 is 29.9 Å². The molecule has 5 nitrogen and oxygen atoms in total. The summed E-state index contributed by atoms with van der Waals surface area (Å²) >= 11 is 0. The second-order valence-electron chi connectivity index (χ2n) is 3.02. The van der Waals surface area contributed by atoms with Crippen LogP contribution in [0.15, 0.2) is 4.99 Å². The molecular formula is C11H22IN3O2. The lowest BCUT2D eigenvalue weighted by molar-refractivity contribution is 0.0698. The molecule has 0 heterocycles. The van der Waals surface area contributed by atoms with E-state index in [1.807, 2.05) is 0 Å². The number of hydrogen-bond acceptors (Lipinski definition) is 3. The molecule has 0 saturated heterocycles. The molecule has 0 aliphatic heterocycles. The van der Waals surface area contributed by atoms with E-state index < -0.39 is 0 Å². The lowest BCUT2D eigenvalue weighted by Gasteiger charge is -2.09. The van der Waals surface area contributed by atoms with E-state index in [0.29, 0.717) is 26.4 Å². The van der Waals surface area contributed by atoms with Crippen LogP contribution in [0.25, 0.3) is 0 Å². The minimum atomic E-state index is 0. The van der Waals surface area contributed by atoms with Gasteiger partial charge in [0, 0.05) is 27.3 Å². The van der Waals surface area contributed by atoms with Crippen molar-refractivity contribution in [3.8, 4) is 12.3 Å². The number of halogens is 1. The van der Waals surface area contributed by atoms with Gasteiger partial charge < -0.3 is 20.1 Å². The Morgan fingerprint density at radius 3 is 2.65 bits per heavy atom. The molecule has 0 radical (unpaired) electrons. The summed E-state index contributed by atoms with van der Waals surface area (Å²) < 4.78 is 10.2. The SMILES string of the molecule is C#CCNC(=NC)NCCCOCCOC.I. The monoisotopic (exact) mass is 355 g/mol. The van der Waals surface area contributed by atoms with Gasteiger partial charge in [0.15, 0.2) is 5.96 Å². The number of nitrogens with zero attached hydrogens (tertiary/aromatic N) is 1. The van der Waals surface area contributed by atoms with Crippen LogP contribution in [0.4, 0.5) is 0 Å². The second-order valence-corrected chi connectivity index (χ2v) is 3.02. The van der Waals surface area contributed by atoms with Gasteiger partial charge in [-0.3, -0.25) is 4.99 Å². The smallest absolute Gasteiger partial charge is 0.191 e. The molecule has 0 bridgehead atoms. The summed E-state index contributed by atoms with van der Waals surface area (Å²) in [5, 5.41) is 6.10. The number of terminal acetylenes is 1. The fourth-order valence-corrected chi connectivity index (χ4v) is 0.981. The van der Waals surface area contributed by atoms with E-state index in [1.54, 1.807) is 14.2 Å². The van der Waals surface area contributed by atoms with E-state index in [-0.39, 0.29) is 24.0 Å². The van der Waals surface area contributed by atoms with Gasteiger partial charge in [-0.1, -0.05) is 5.92 Å². The van der Waals surface area contributed by atoms with Gasteiger partial charge in [-0.05, 0) is 6.42 Å². The van der Waals surface area contributed by atoms with Gasteiger partial charge in [0.2, 0.25) is 0 Å². The molecule has 0 spiro atoms. The predicted octanol–water partition coefficient (Wildman–Crippen LogP) is 0.456. The Balaban J connectivity index is 0. The Labute approximate surface area is 121 Å². The van der Waals surface area contributed by atoms with Crippen LogP contribution >= 0.6 is 24.0 Å². The van der Waals surface area contributed by atoms with Crippen LogP contribution in [0, 0.1) is 12.3 Å². The van der Waals surface area contributed by atoms with Crippen LogP contribution in [-0.4, -0.2) is 53.0 Å². The van der Waals surface area contributed by atoms with Crippen molar-refractivity contribution in [3.63, 3.8) is 0 Å². The molecule has 0 aromatic rings. The van der Waals surface area contributed by atoms with Crippen LogP contribution in [0.2, 0.25) is 0 Å². The Morgan fingerprint density at radius 2 is 2.06 bits per heavy atom. The van der Waals surface area contributed by atoms with Crippen LogP contribution in [0.1, 0.15) is 6.42 Å².